The van der Waals surface area contributed by atoms with Crippen LogP contribution < -0.4 is 10.2 Å². The fraction of sp³-hybridized carbons (Fsp3) is 0.250. The summed E-state index contributed by atoms with van der Waals surface area (Å²) in [5, 5.41) is 69.2. The number of phenols is 3. The highest BCUT2D eigenvalue weighted by atomic mass is 16.7. The molecule has 1 unspecified atom stereocenters. The van der Waals surface area contributed by atoms with Gasteiger partial charge in [0.2, 0.25) is 23.2 Å². The zero-order valence-corrected chi connectivity index (χ0v) is 15.7. The molecule has 7 N–H and O–H groups in total. The Bertz CT molecular complexity index is 1180. The smallest absolute Gasteiger partial charge is 0.238 e. The van der Waals surface area contributed by atoms with Crippen molar-refractivity contribution in [3.63, 3.8) is 0 Å². The second kappa shape index (κ2) is 7.63. The van der Waals surface area contributed by atoms with Crippen molar-refractivity contribution in [3.05, 3.63) is 40.6 Å². The van der Waals surface area contributed by atoms with Crippen molar-refractivity contribution in [2.75, 3.05) is 6.61 Å². The summed E-state index contributed by atoms with van der Waals surface area (Å²) in [5.41, 5.74) is -1.32. The number of benzene rings is 2. The van der Waals surface area contributed by atoms with Gasteiger partial charge in [0.15, 0.2) is 17.1 Å². The predicted molar refractivity (Wildman–Crippen MR) is 103 cm³/mol. The number of aromatic hydroxyl groups is 4. The van der Waals surface area contributed by atoms with Crippen LogP contribution in [0.25, 0.3) is 22.3 Å². The average molecular weight is 434 g/mol. The minimum atomic E-state index is -1.72. The van der Waals surface area contributed by atoms with Crippen LogP contribution in [0.5, 0.6) is 28.7 Å². The molecule has 1 fully saturated rings. The Hall–Kier alpha value is -3.51. The highest BCUT2D eigenvalue weighted by molar-refractivity contribution is 5.93. The molecule has 4 atom stereocenters. The summed E-state index contributed by atoms with van der Waals surface area (Å²) in [6.07, 6.45) is -6.25. The largest absolute Gasteiger partial charge is 0.508 e. The molecule has 31 heavy (non-hydrogen) atoms. The molecule has 11 nitrogen and oxygen atoms in total. The van der Waals surface area contributed by atoms with Gasteiger partial charge in [-0.25, -0.2) is 0 Å². The number of aliphatic hydroxyl groups excluding tert-OH is 3. The van der Waals surface area contributed by atoms with Crippen LogP contribution in [0.1, 0.15) is 0 Å². The number of phenolic OH excluding ortho intramolecular Hbond substituents is 3. The van der Waals surface area contributed by atoms with Gasteiger partial charge in [0.05, 0.1) is 6.61 Å². The molecule has 164 valence electrons. The van der Waals surface area contributed by atoms with E-state index in [4.69, 9.17) is 13.9 Å². The fourth-order valence-electron chi connectivity index (χ4n) is 3.22. The van der Waals surface area contributed by atoms with E-state index in [9.17, 15) is 40.5 Å². The summed E-state index contributed by atoms with van der Waals surface area (Å²) < 4.78 is 16.2. The van der Waals surface area contributed by atoms with Crippen molar-refractivity contribution < 1.29 is 49.6 Å². The molecule has 0 bridgehead atoms. The van der Waals surface area contributed by atoms with Crippen LogP contribution in [0.3, 0.4) is 0 Å². The first-order valence-corrected chi connectivity index (χ1v) is 9.05. The molecular weight excluding hydrogens is 416 g/mol. The van der Waals surface area contributed by atoms with Gasteiger partial charge in [-0.2, -0.15) is 0 Å². The lowest BCUT2D eigenvalue weighted by atomic mass is 10.1. The molecule has 4 rings (SSSR count). The van der Waals surface area contributed by atoms with E-state index in [0.29, 0.717) is 0 Å². The van der Waals surface area contributed by atoms with Crippen molar-refractivity contribution in [1.82, 2.24) is 0 Å². The van der Waals surface area contributed by atoms with Crippen LogP contribution in [0.2, 0.25) is 0 Å². The first-order chi connectivity index (χ1) is 14.7. The standard InChI is InChI=1S/C20H18O11/c21-8-3-1-7(2-4-8)17-15(27)14(26)12-9(22)5-10(23)18(19(12)30-17)31-20-16(28)13(25)11(24)6-29-20/h1-5,11,13,16,20-25,27-28H,6H2/t11-,13+,16?,20+/m1/s1. The lowest BCUT2D eigenvalue weighted by Gasteiger charge is -2.35. The van der Waals surface area contributed by atoms with Crippen LogP contribution in [0.15, 0.2) is 39.5 Å². The highest BCUT2D eigenvalue weighted by Crippen LogP contribution is 2.43. The van der Waals surface area contributed by atoms with E-state index < -0.39 is 64.0 Å². The van der Waals surface area contributed by atoms with E-state index in [0.717, 1.165) is 6.07 Å². The van der Waals surface area contributed by atoms with Crippen LogP contribution in [0, 0.1) is 0 Å². The Balaban J connectivity index is 1.89. The maximum absolute atomic E-state index is 12.7. The third-order valence-corrected chi connectivity index (χ3v) is 4.87. The van der Waals surface area contributed by atoms with E-state index in [2.05, 4.69) is 0 Å². The summed E-state index contributed by atoms with van der Waals surface area (Å²) in [5.74, 6) is -3.16. The molecule has 0 saturated carbocycles. The monoisotopic (exact) mass is 434 g/mol. The Morgan fingerprint density at radius 1 is 0.935 bits per heavy atom. The molecule has 1 saturated heterocycles. The summed E-state index contributed by atoms with van der Waals surface area (Å²) in [6, 6.07) is 6.06. The van der Waals surface area contributed by atoms with Gasteiger partial charge in [0.1, 0.15) is 35.2 Å². The average Bonchev–Trinajstić information content (AvgIpc) is 2.73. The van der Waals surface area contributed by atoms with E-state index in [1.54, 1.807) is 0 Å². The first-order valence-electron chi connectivity index (χ1n) is 9.05. The van der Waals surface area contributed by atoms with Gasteiger partial charge >= 0.3 is 0 Å². The van der Waals surface area contributed by atoms with E-state index >= 15 is 0 Å². The number of rotatable bonds is 3. The molecule has 0 amide bonds. The third kappa shape index (κ3) is 3.49. The maximum Gasteiger partial charge on any atom is 0.238 e. The Kier molecular flexibility index (Phi) is 5.11. The van der Waals surface area contributed by atoms with Crippen molar-refractivity contribution in [2.45, 2.75) is 24.6 Å². The van der Waals surface area contributed by atoms with Crippen molar-refractivity contribution in [1.29, 1.82) is 0 Å². The molecule has 2 heterocycles. The number of ether oxygens (including phenoxy) is 2. The molecule has 0 radical (unpaired) electrons. The summed E-state index contributed by atoms with van der Waals surface area (Å²) in [6.45, 7) is -0.386. The molecule has 0 aliphatic carbocycles. The Morgan fingerprint density at radius 3 is 2.29 bits per heavy atom. The zero-order valence-electron chi connectivity index (χ0n) is 15.7. The zero-order chi connectivity index (χ0) is 22.4. The van der Waals surface area contributed by atoms with Gasteiger partial charge in [0.25, 0.3) is 0 Å². The lowest BCUT2D eigenvalue weighted by molar-refractivity contribution is -0.242. The van der Waals surface area contributed by atoms with E-state index in [1.165, 1.54) is 24.3 Å². The van der Waals surface area contributed by atoms with Gasteiger partial charge < -0.3 is 49.6 Å². The Labute approximate surface area is 173 Å². The Morgan fingerprint density at radius 2 is 1.61 bits per heavy atom. The van der Waals surface area contributed by atoms with Gasteiger partial charge in [-0.05, 0) is 24.3 Å². The SMILES string of the molecule is O=c1c(O)c(-c2ccc(O)cc2)oc2c(O[C@@H]3OC[C@@H](O)[C@H](O)C3O)c(O)cc(O)c12. The second-order valence-corrected chi connectivity index (χ2v) is 6.97. The highest BCUT2D eigenvalue weighted by Gasteiger charge is 2.40. The fourth-order valence-corrected chi connectivity index (χ4v) is 3.22. The molecule has 1 aliphatic heterocycles. The predicted octanol–water partition coefficient (Wildman–Crippen LogP) is 0.100. The number of aliphatic hydroxyl groups is 3. The second-order valence-electron chi connectivity index (χ2n) is 6.97. The minimum absolute atomic E-state index is 0.0742. The van der Waals surface area contributed by atoms with Crippen LogP contribution in [-0.4, -0.2) is 67.0 Å². The molecule has 11 heteroatoms. The molecule has 0 spiro atoms. The first kappa shape index (κ1) is 20.8. The third-order valence-electron chi connectivity index (χ3n) is 4.87. The summed E-state index contributed by atoms with van der Waals surface area (Å²) >= 11 is 0. The van der Waals surface area contributed by atoms with Crippen LogP contribution >= 0.6 is 0 Å². The quantitative estimate of drug-likeness (QED) is 0.296. The minimum Gasteiger partial charge on any atom is -0.508 e. The van der Waals surface area contributed by atoms with E-state index in [1.807, 2.05) is 0 Å². The normalized spacial score (nSPS) is 23.7. The number of hydrogen-bond donors (Lipinski definition) is 7. The van der Waals surface area contributed by atoms with Gasteiger partial charge in [-0.1, -0.05) is 0 Å². The van der Waals surface area contributed by atoms with Crippen molar-refractivity contribution >= 4 is 11.0 Å². The molecular formula is C20H18O11. The van der Waals surface area contributed by atoms with Crippen molar-refractivity contribution in [2.24, 2.45) is 0 Å². The lowest BCUT2D eigenvalue weighted by Crippen LogP contribution is -2.54. The molecule has 1 aliphatic rings. The van der Waals surface area contributed by atoms with Gasteiger partial charge in [0, 0.05) is 11.6 Å². The molecule has 1 aromatic heterocycles. The van der Waals surface area contributed by atoms with Crippen molar-refractivity contribution in [3.8, 4) is 40.1 Å². The topological polar surface area (TPSA) is 190 Å². The summed E-state index contributed by atoms with van der Waals surface area (Å²) in [4.78, 5) is 12.7. The number of hydrogen-bond acceptors (Lipinski definition) is 11. The van der Waals surface area contributed by atoms with Crippen LogP contribution in [0.4, 0.5) is 0 Å². The summed E-state index contributed by atoms with van der Waals surface area (Å²) in [7, 11) is 0. The van der Waals surface area contributed by atoms with Gasteiger partial charge in [-0.15, -0.1) is 0 Å². The molecule has 2 aromatic carbocycles. The maximum atomic E-state index is 12.7. The number of fused-ring (bicyclic) bond motifs is 1. The van der Waals surface area contributed by atoms with Gasteiger partial charge in [-0.3, -0.25) is 4.79 Å². The molecule has 3 aromatic rings. The van der Waals surface area contributed by atoms with Crippen LogP contribution in [-0.2, 0) is 4.74 Å². The van der Waals surface area contributed by atoms with E-state index in [-0.39, 0.29) is 23.7 Å².